The fourth-order valence-electron chi connectivity index (χ4n) is 1.49. The molecule has 0 radical (unpaired) electrons. The molecule has 0 saturated carbocycles. The van der Waals surface area contributed by atoms with Crippen LogP contribution in [0.25, 0.3) is 0 Å². The van der Waals surface area contributed by atoms with Gasteiger partial charge < -0.3 is 0 Å². The third kappa shape index (κ3) is 2.44. The summed E-state index contributed by atoms with van der Waals surface area (Å²) in [6.07, 6.45) is 1.11. The summed E-state index contributed by atoms with van der Waals surface area (Å²) in [5, 5.41) is 10.7. The van der Waals surface area contributed by atoms with Crippen LogP contribution in [0.5, 0.6) is 0 Å². The van der Waals surface area contributed by atoms with Crippen molar-refractivity contribution in [3.8, 4) is 0 Å². The maximum absolute atomic E-state index is 11.6. The van der Waals surface area contributed by atoms with Gasteiger partial charge in [-0.3, -0.25) is 0 Å². The fraction of sp³-hybridized carbons (Fsp3) is 0.556. The number of aromatic nitrogens is 2. The third-order valence-electron chi connectivity index (χ3n) is 2.28. The number of nitrogens with two attached hydrogens (primary N) is 1. The number of hydrogen-bond acceptors (Lipinski definition) is 5. The summed E-state index contributed by atoms with van der Waals surface area (Å²) in [4.78, 5) is 15.2. The van der Waals surface area contributed by atoms with Crippen molar-refractivity contribution in [2.45, 2.75) is 23.0 Å². The van der Waals surface area contributed by atoms with Gasteiger partial charge in [0, 0.05) is 0 Å². The molecule has 3 N–H and O–H groups in total. The van der Waals surface area contributed by atoms with Crippen LogP contribution in [0.2, 0.25) is 10.6 Å². The maximum atomic E-state index is 11.6. The molecular formula is C9H13N3O3Se. The summed E-state index contributed by atoms with van der Waals surface area (Å²) >= 11 is 0.386. The molecule has 88 valence electrons. The van der Waals surface area contributed by atoms with Crippen LogP contribution in [0.4, 0.5) is 5.82 Å². The number of ether oxygens (including phenoxy) is 1. The predicted octanol–water partition coefficient (Wildman–Crippen LogP) is -0.744. The standard InChI is InChI=1S/C9H13N3O3Se/c10-7-1-2-12(9(14)11-7)8-5-16-4-6(3-13)15-8/h1-2,6,8,13H,3-5H2,(H2,10,11,14)/t6-,8-/m1/s1. The Morgan fingerprint density at radius 2 is 2.50 bits per heavy atom. The topological polar surface area (TPSA) is 90.4 Å². The van der Waals surface area contributed by atoms with Crippen molar-refractivity contribution < 1.29 is 9.84 Å². The second kappa shape index (κ2) is 4.97. The van der Waals surface area contributed by atoms with Gasteiger partial charge in [0.15, 0.2) is 0 Å². The van der Waals surface area contributed by atoms with Gasteiger partial charge in [-0.15, -0.1) is 0 Å². The Balaban J connectivity index is 2.20. The SMILES string of the molecule is Nc1ccn([C@H]2C[Se]C[C@@H](CO)O2)c(=O)n1. The van der Waals surface area contributed by atoms with Crippen LogP contribution in [-0.4, -0.2) is 42.3 Å². The number of aliphatic hydroxyl groups is 1. The number of hydrogen-bond donors (Lipinski definition) is 2. The van der Waals surface area contributed by atoms with E-state index in [0.29, 0.717) is 15.0 Å². The molecule has 6 nitrogen and oxygen atoms in total. The van der Waals surface area contributed by atoms with E-state index in [1.54, 1.807) is 12.3 Å². The zero-order valence-corrected chi connectivity index (χ0v) is 10.3. The summed E-state index contributed by atoms with van der Waals surface area (Å²) in [5.74, 6) is 0.210. The Kier molecular flexibility index (Phi) is 3.60. The molecular weight excluding hydrogens is 277 g/mol. The van der Waals surface area contributed by atoms with Crippen LogP contribution in [0.3, 0.4) is 0 Å². The second-order valence-electron chi connectivity index (χ2n) is 3.48. The minimum atomic E-state index is -0.403. The molecule has 2 heterocycles. The van der Waals surface area contributed by atoms with Crippen LogP contribution in [-0.2, 0) is 4.74 Å². The van der Waals surface area contributed by atoms with Crippen molar-refractivity contribution in [1.29, 1.82) is 0 Å². The molecule has 0 spiro atoms. The molecule has 1 aliphatic heterocycles. The molecule has 7 heteroatoms. The van der Waals surface area contributed by atoms with Gasteiger partial charge in [0.2, 0.25) is 0 Å². The average molecular weight is 290 g/mol. The first-order valence-electron chi connectivity index (χ1n) is 4.89. The van der Waals surface area contributed by atoms with E-state index in [4.69, 9.17) is 15.6 Å². The summed E-state index contributed by atoms with van der Waals surface area (Å²) in [5.41, 5.74) is 5.01. The summed E-state index contributed by atoms with van der Waals surface area (Å²) in [7, 11) is 0. The Bertz CT molecular complexity index is 423. The molecule has 1 aromatic heterocycles. The first kappa shape index (κ1) is 11.6. The summed E-state index contributed by atoms with van der Waals surface area (Å²) in [6.45, 7) is -0.00456. The van der Waals surface area contributed by atoms with Gasteiger partial charge in [-0.1, -0.05) is 0 Å². The second-order valence-corrected chi connectivity index (χ2v) is 5.73. The molecule has 0 aromatic carbocycles. The Hall–Kier alpha value is -0.881. The monoisotopic (exact) mass is 291 g/mol. The molecule has 1 aromatic rings. The van der Waals surface area contributed by atoms with Crippen molar-refractivity contribution in [3.05, 3.63) is 22.7 Å². The first-order chi connectivity index (χ1) is 7.70. The van der Waals surface area contributed by atoms with Gasteiger partial charge in [0.25, 0.3) is 0 Å². The molecule has 2 atom stereocenters. The van der Waals surface area contributed by atoms with Crippen molar-refractivity contribution in [3.63, 3.8) is 0 Å². The van der Waals surface area contributed by atoms with E-state index in [-0.39, 0.29) is 24.8 Å². The molecule has 2 rings (SSSR count). The van der Waals surface area contributed by atoms with Gasteiger partial charge in [0.1, 0.15) is 0 Å². The molecule has 0 unspecified atom stereocenters. The third-order valence-corrected chi connectivity index (χ3v) is 4.65. The van der Waals surface area contributed by atoms with Crippen LogP contribution in [0.15, 0.2) is 17.1 Å². The Morgan fingerprint density at radius 3 is 3.19 bits per heavy atom. The minimum absolute atomic E-state index is 0.00456. The van der Waals surface area contributed by atoms with Gasteiger partial charge in [-0.05, 0) is 0 Å². The number of anilines is 1. The summed E-state index contributed by atoms with van der Waals surface area (Å²) in [6, 6.07) is 1.57. The van der Waals surface area contributed by atoms with E-state index in [1.165, 1.54) is 4.57 Å². The van der Waals surface area contributed by atoms with E-state index in [9.17, 15) is 4.79 Å². The van der Waals surface area contributed by atoms with Crippen molar-refractivity contribution in [2.75, 3.05) is 12.3 Å². The molecule has 0 bridgehead atoms. The van der Waals surface area contributed by atoms with Crippen molar-refractivity contribution >= 4 is 20.8 Å². The quantitative estimate of drug-likeness (QED) is 0.700. The normalized spacial score (nSPS) is 25.6. The van der Waals surface area contributed by atoms with Crippen LogP contribution in [0, 0.1) is 0 Å². The van der Waals surface area contributed by atoms with Crippen LogP contribution >= 0.6 is 0 Å². The van der Waals surface area contributed by atoms with E-state index >= 15 is 0 Å². The average Bonchev–Trinajstić information content (AvgIpc) is 2.29. The zero-order valence-electron chi connectivity index (χ0n) is 8.57. The van der Waals surface area contributed by atoms with Crippen molar-refractivity contribution in [2.24, 2.45) is 0 Å². The molecule has 0 amide bonds. The number of nitrogens with zero attached hydrogens (tertiary/aromatic N) is 2. The molecule has 1 aliphatic rings. The number of nitrogen functional groups attached to an aromatic ring is 1. The van der Waals surface area contributed by atoms with Crippen LogP contribution < -0.4 is 11.4 Å². The van der Waals surface area contributed by atoms with E-state index in [2.05, 4.69) is 4.98 Å². The Labute approximate surface area is 98.6 Å². The van der Waals surface area contributed by atoms with Gasteiger partial charge in [-0.2, -0.15) is 0 Å². The molecule has 1 fully saturated rings. The van der Waals surface area contributed by atoms with E-state index < -0.39 is 5.69 Å². The van der Waals surface area contributed by atoms with E-state index in [1.807, 2.05) is 0 Å². The van der Waals surface area contributed by atoms with Crippen molar-refractivity contribution in [1.82, 2.24) is 9.55 Å². The molecule has 0 aliphatic carbocycles. The van der Waals surface area contributed by atoms with Gasteiger partial charge in [-0.25, -0.2) is 0 Å². The summed E-state index contributed by atoms with van der Waals surface area (Å²) < 4.78 is 7.02. The fourth-order valence-corrected chi connectivity index (χ4v) is 3.64. The number of aliphatic hydroxyl groups excluding tert-OH is 1. The predicted molar refractivity (Wildman–Crippen MR) is 59.3 cm³/mol. The number of rotatable bonds is 2. The molecule has 1 saturated heterocycles. The Morgan fingerprint density at radius 1 is 1.69 bits per heavy atom. The van der Waals surface area contributed by atoms with Gasteiger partial charge >= 0.3 is 98.2 Å². The van der Waals surface area contributed by atoms with Crippen LogP contribution in [0.1, 0.15) is 6.23 Å². The van der Waals surface area contributed by atoms with Gasteiger partial charge in [0.05, 0.1) is 0 Å². The van der Waals surface area contributed by atoms with E-state index in [0.717, 1.165) is 10.6 Å². The molecule has 16 heavy (non-hydrogen) atoms. The zero-order chi connectivity index (χ0) is 11.5. The first-order valence-corrected chi connectivity index (χ1v) is 7.31.